The number of hydrogen-bond acceptors (Lipinski definition) is 3. The molecule has 1 unspecified atom stereocenters. The lowest BCUT2D eigenvalue weighted by molar-refractivity contribution is 0.469. The molecule has 0 saturated carbocycles. The minimum absolute atomic E-state index is 0.0962. The highest BCUT2D eigenvalue weighted by atomic mass is 31.2. The van der Waals surface area contributed by atoms with Gasteiger partial charge in [0.15, 0.2) is 7.14 Å². The van der Waals surface area contributed by atoms with Crippen molar-refractivity contribution in [2.45, 2.75) is 5.66 Å². The molecular weight excluding hydrogens is 427 g/mol. The summed E-state index contributed by atoms with van der Waals surface area (Å²) in [6.07, 6.45) is 0. The smallest absolute Gasteiger partial charge is 0.154 e. The van der Waals surface area contributed by atoms with Gasteiger partial charge in [-0.15, -0.1) is 0 Å². The largest absolute Gasteiger partial charge is 0.508 e. The fourth-order valence-corrected chi connectivity index (χ4v) is 7.88. The second kappa shape index (κ2) is 8.61. The van der Waals surface area contributed by atoms with Crippen LogP contribution >= 0.6 is 7.14 Å². The molecule has 0 amide bonds. The van der Waals surface area contributed by atoms with Gasteiger partial charge in [-0.3, -0.25) is 0 Å². The fourth-order valence-electron chi connectivity index (χ4n) is 4.53. The van der Waals surface area contributed by atoms with Crippen molar-refractivity contribution in [3.05, 3.63) is 132 Å². The van der Waals surface area contributed by atoms with Crippen LogP contribution in [0.2, 0.25) is 0 Å². The van der Waals surface area contributed by atoms with Crippen molar-refractivity contribution >= 4 is 28.5 Å². The SMILES string of the molecule is O=P(c1ccccc1)(c1ccccc1)C(c1ccc(O)cc1)c1c(O)ccc2ccccc12. The Labute approximate surface area is 193 Å². The number of phenolic OH excluding ortho intramolecular Hbond substituents is 2. The maximum absolute atomic E-state index is 15.4. The molecule has 33 heavy (non-hydrogen) atoms. The molecule has 0 aromatic heterocycles. The van der Waals surface area contributed by atoms with E-state index in [1.807, 2.05) is 91.0 Å². The highest BCUT2D eigenvalue weighted by Crippen LogP contribution is 2.62. The summed E-state index contributed by atoms with van der Waals surface area (Å²) in [5.41, 5.74) is 0.722. The minimum Gasteiger partial charge on any atom is -0.508 e. The molecule has 5 aromatic carbocycles. The minimum atomic E-state index is -3.37. The van der Waals surface area contributed by atoms with Crippen LogP contribution in [0.3, 0.4) is 0 Å². The predicted octanol–water partition coefficient (Wildman–Crippen LogP) is 6.35. The summed E-state index contributed by atoms with van der Waals surface area (Å²) in [5.74, 6) is 0.229. The van der Waals surface area contributed by atoms with Crippen molar-refractivity contribution in [1.29, 1.82) is 0 Å². The highest BCUT2D eigenvalue weighted by Gasteiger charge is 2.41. The molecule has 0 spiro atoms. The Morgan fingerprint density at radius 2 is 1.12 bits per heavy atom. The molecule has 0 fully saturated rings. The zero-order valence-electron chi connectivity index (χ0n) is 17.9. The molecule has 0 aliphatic rings. The molecular formula is C29H23O3P. The van der Waals surface area contributed by atoms with Crippen LogP contribution in [0, 0.1) is 0 Å². The van der Waals surface area contributed by atoms with Crippen molar-refractivity contribution in [1.82, 2.24) is 0 Å². The van der Waals surface area contributed by atoms with Gasteiger partial charge in [0.2, 0.25) is 0 Å². The topological polar surface area (TPSA) is 57.5 Å². The predicted molar refractivity (Wildman–Crippen MR) is 135 cm³/mol. The maximum atomic E-state index is 15.4. The second-order valence-corrected chi connectivity index (χ2v) is 10.9. The van der Waals surface area contributed by atoms with Crippen LogP contribution in [-0.4, -0.2) is 10.2 Å². The Kier molecular flexibility index (Phi) is 5.50. The Morgan fingerprint density at radius 3 is 1.73 bits per heavy atom. The maximum Gasteiger partial charge on any atom is 0.154 e. The molecule has 5 rings (SSSR count). The van der Waals surface area contributed by atoms with Crippen LogP contribution in [0.4, 0.5) is 0 Å². The lowest BCUT2D eigenvalue weighted by Gasteiger charge is -2.31. The van der Waals surface area contributed by atoms with Crippen molar-refractivity contribution in [3.63, 3.8) is 0 Å². The van der Waals surface area contributed by atoms with Gasteiger partial charge in [-0.2, -0.15) is 0 Å². The van der Waals surface area contributed by atoms with Crippen LogP contribution in [0.25, 0.3) is 10.8 Å². The third-order valence-corrected chi connectivity index (χ3v) is 9.49. The number of aromatic hydroxyl groups is 2. The summed E-state index contributed by atoms with van der Waals surface area (Å²) in [4.78, 5) is 0. The summed E-state index contributed by atoms with van der Waals surface area (Å²) < 4.78 is 15.4. The van der Waals surface area contributed by atoms with E-state index >= 15 is 4.57 Å². The van der Waals surface area contributed by atoms with E-state index in [1.54, 1.807) is 30.3 Å². The molecule has 4 heteroatoms. The summed E-state index contributed by atoms with van der Waals surface area (Å²) in [6, 6.07) is 37.1. The zero-order chi connectivity index (χ0) is 22.8. The number of hydrogen-bond donors (Lipinski definition) is 2. The highest BCUT2D eigenvalue weighted by molar-refractivity contribution is 7.79. The molecule has 0 saturated heterocycles. The average molecular weight is 450 g/mol. The van der Waals surface area contributed by atoms with E-state index in [4.69, 9.17) is 0 Å². The van der Waals surface area contributed by atoms with E-state index in [0.29, 0.717) is 16.2 Å². The van der Waals surface area contributed by atoms with E-state index in [9.17, 15) is 10.2 Å². The average Bonchev–Trinajstić information content (AvgIpc) is 2.87. The van der Waals surface area contributed by atoms with Gasteiger partial charge in [-0.25, -0.2) is 0 Å². The molecule has 2 N–H and O–H groups in total. The quantitative estimate of drug-likeness (QED) is 0.307. The first-order chi connectivity index (χ1) is 16.1. The molecule has 0 bridgehead atoms. The summed E-state index contributed by atoms with van der Waals surface area (Å²) in [5, 5.41) is 24.4. The first-order valence-corrected chi connectivity index (χ1v) is 12.6. The number of rotatable bonds is 5. The van der Waals surface area contributed by atoms with Crippen LogP contribution in [0.15, 0.2) is 121 Å². The van der Waals surface area contributed by atoms with Gasteiger partial charge >= 0.3 is 0 Å². The van der Waals surface area contributed by atoms with Crippen molar-refractivity contribution in [2.75, 3.05) is 0 Å². The molecule has 0 heterocycles. The number of fused-ring (bicyclic) bond motifs is 1. The van der Waals surface area contributed by atoms with E-state index in [2.05, 4.69) is 0 Å². The Hall–Kier alpha value is -3.81. The normalized spacial score (nSPS) is 12.5. The third-order valence-electron chi connectivity index (χ3n) is 6.07. The van der Waals surface area contributed by atoms with Gasteiger partial charge in [0.05, 0.1) is 5.66 Å². The van der Waals surface area contributed by atoms with E-state index in [-0.39, 0.29) is 11.5 Å². The van der Waals surface area contributed by atoms with Gasteiger partial charge in [0.25, 0.3) is 0 Å². The fraction of sp³-hybridized carbons (Fsp3) is 0.0345. The lowest BCUT2D eigenvalue weighted by atomic mass is 9.97. The van der Waals surface area contributed by atoms with E-state index in [1.165, 1.54) is 0 Å². The molecule has 0 aliphatic carbocycles. The summed E-state index contributed by atoms with van der Waals surface area (Å²) in [7, 11) is -3.37. The summed E-state index contributed by atoms with van der Waals surface area (Å²) in [6.45, 7) is 0. The lowest BCUT2D eigenvalue weighted by Crippen LogP contribution is -2.22. The van der Waals surface area contributed by atoms with Crippen molar-refractivity contribution in [3.8, 4) is 11.5 Å². The molecule has 0 aliphatic heterocycles. The molecule has 5 aromatic rings. The molecule has 1 atom stereocenters. The second-order valence-electron chi connectivity index (χ2n) is 8.04. The molecule has 3 nitrogen and oxygen atoms in total. The Balaban J connectivity index is 1.91. The van der Waals surface area contributed by atoms with E-state index < -0.39 is 12.8 Å². The van der Waals surface area contributed by atoms with Crippen LogP contribution in [-0.2, 0) is 4.57 Å². The van der Waals surface area contributed by atoms with Gasteiger partial charge in [0.1, 0.15) is 11.5 Å². The summed E-state index contributed by atoms with van der Waals surface area (Å²) >= 11 is 0. The standard InChI is InChI=1S/C29H23O3P/c30-23-18-15-22(16-19-23)29(28-26-14-8-7-9-21(26)17-20-27(28)31)33(32,24-10-3-1-4-11-24)25-12-5-2-6-13-25/h1-20,29-31H. The third kappa shape index (κ3) is 3.71. The van der Waals surface area contributed by atoms with Gasteiger partial charge < -0.3 is 14.8 Å². The van der Waals surface area contributed by atoms with Gasteiger partial charge in [-0.05, 0) is 34.5 Å². The van der Waals surface area contributed by atoms with Crippen molar-refractivity contribution in [2.24, 2.45) is 0 Å². The zero-order valence-corrected chi connectivity index (χ0v) is 18.8. The first kappa shape index (κ1) is 21.1. The van der Waals surface area contributed by atoms with E-state index in [0.717, 1.165) is 16.3 Å². The van der Waals surface area contributed by atoms with Crippen LogP contribution < -0.4 is 10.6 Å². The number of phenols is 2. The Bertz CT molecular complexity index is 1400. The van der Waals surface area contributed by atoms with Gasteiger partial charge in [-0.1, -0.05) is 103 Å². The van der Waals surface area contributed by atoms with Crippen molar-refractivity contribution < 1.29 is 14.8 Å². The monoisotopic (exact) mass is 450 g/mol. The number of benzene rings is 5. The van der Waals surface area contributed by atoms with Gasteiger partial charge in [0, 0.05) is 16.2 Å². The molecule has 162 valence electrons. The van der Waals surface area contributed by atoms with Crippen LogP contribution in [0.1, 0.15) is 16.8 Å². The van der Waals surface area contributed by atoms with Crippen LogP contribution in [0.5, 0.6) is 11.5 Å². The first-order valence-electron chi connectivity index (χ1n) is 10.8. The molecule has 0 radical (unpaired) electrons. The Morgan fingerprint density at radius 1 is 0.576 bits per heavy atom.